The van der Waals surface area contributed by atoms with E-state index < -0.39 is 18.1 Å². The van der Waals surface area contributed by atoms with E-state index in [-0.39, 0.29) is 30.4 Å². The van der Waals surface area contributed by atoms with E-state index in [1.54, 1.807) is 4.57 Å². The molecule has 9 heteroatoms. The third kappa shape index (κ3) is 3.72. The van der Waals surface area contributed by atoms with Gasteiger partial charge in [-0.2, -0.15) is 18.3 Å². The SMILES string of the molecule is O=C([C@@H]1CCCc2nn(C[C@H]3CC[C@H](C(F)(F)F)CC3)c(=O)n21)N1CCCC1. The molecule has 1 saturated carbocycles. The molecule has 1 aliphatic carbocycles. The maximum atomic E-state index is 13.0. The minimum atomic E-state index is -4.13. The third-order valence-electron chi connectivity index (χ3n) is 6.57. The molecule has 1 amide bonds. The molecule has 2 fully saturated rings. The molecule has 0 bridgehead atoms. The molecule has 2 aliphatic heterocycles. The van der Waals surface area contributed by atoms with Gasteiger partial charge in [0, 0.05) is 26.1 Å². The lowest BCUT2D eigenvalue weighted by Crippen LogP contribution is -2.41. The Labute approximate surface area is 161 Å². The smallest absolute Gasteiger partial charge is 0.341 e. The molecule has 1 saturated heterocycles. The lowest BCUT2D eigenvalue weighted by atomic mass is 9.81. The van der Waals surface area contributed by atoms with E-state index >= 15 is 0 Å². The van der Waals surface area contributed by atoms with E-state index in [0.29, 0.717) is 38.1 Å². The van der Waals surface area contributed by atoms with Crippen LogP contribution in [0.2, 0.25) is 0 Å². The van der Waals surface area contributed by atoms with Gasteiger partial charge in [-0.3, -0.25) is 9.36 Å². The van der Waals surface area contributed by atoms with Gasteiger partial charge >= 0.3 is 11.9 Å². The highest BCUT2D eigenvalue weighted by molar-refractivity contribution is 5.80. The molecule has 6 nitrogen and oxygen atoms in total. The number of carbonyl (C=O) groups excluding carboxylic acids is 1. The van der Waals surface area contributed by atoms with Crippen LogP contribution >= 0.6 is 0 Å². The Morgan fingerprint density at radius 1 is 1.04 bits per heavy atom. The van der Waals surface area contributed by atoms with Gasteiger partial charge in [0.25, 0.3) is 0 Å². The molecule has 28 heavy (non-hydrogen) atoms. The number of aryl methyl sites for hydroxylation is 1. The predicted octanol–water partition coefficient (Wildman–Crippen LogP) is 2.91. The van der Waals surface area contributed by atoms with E-state index in [1.807, 2.05) is 4.90 Å². The molecule has 3 heterocycles. The van der Waals surface area contributed by atoms with Gasteiger partial charge in [0.1, 0.15) is 11.9 Å². The van der Waals surface area contributed by atoms with Crippen LogP contribution in [-0.2, 0) is 17.8 Å². The number of amides is 1. The van der Waals surface area contributed by atoms with Gasteiger partial charge in [0.05, 0.1) is 5.92 Å². The zero-order chi connectivity index (χ0) is 19.9. The summed E-state index contributed by atoms with van der Waals surface area (Å²) < 4.78 is 41.5. The first-order valence-electron chi connectivity index (χ1n) is 10.4. The Morgan fingerprint density at radius 3 is 2.36 bits per heavy atom. The molecule has 0 N–H and O–H groups in total. The van der Waals surface area contributed by atoms with Crippen molar-refractivity contribution in [2.75, 3.05) is 13.1 Å². The number of halogens is 3. The fourth-order valence-electron chi connectivity index (χ4n) is 4.95. The van der Waals surface area contributed by atoms with E-state index in [4.69, 9.17) is 0 Å². The van der Waals surface area contributed by atoms with Crippen molar-refractivity contribution in [2.24, 2.45) is 11.8 Å². The number of fused-ring (bicyclic) bond motifs is 1. The molecule has 0 radical (unpaired) electrons. The van der Waals surface area contributed by atoms with Crippen LogP contribution in [0, 0.1) is 11.8 Å². The summed E-state index contributed by atoms with van der Waals surface area (Å²) in [4.78, 5) is 27.7. The van der Waals surface area contributed by atoms with Gasteiger partial charge in [-0.1, -0.05) is 0 Å². The van der Waals surface area contributed by atoms with Crippen molar-refractivity contribution >= 4 is 5.91 Å². The Bertz CT molecular complexity index is 771. The zero-order valence-corrected chi connectivity index (χ0v) is 16.0. The maximum Gasteiger partial charge on any atom is 0.391 e. The highest BCUT2D eigenvalue weighted by Gasteiger charge is 2.41. The van der Waals surface area contributed by atoms with Gasteiger partial charge < -0.3 is 4.90 Å². The second kappa shape index (κ2) is 7.55. The van der Waals surface area contributed by atoms with Crippen LogP contribution in [0.3, 0.4) is 0 Å². The fraction of sp³-hybridized carbons (Fsp3) is 0.842. The summed E-state index contributed by atoms with van der Waals surface area (Å²) >= 11 is 0. The summed E-state index contributed by atoms with van der Waals surface area (Å²) in [6.45, 7) is 1.83. The normalized spacial score (nSPS) is 28.4. The Kier molecular flexibility index (Phi) is 5.26. The summed E-state index contributed by atoms with van der Waals surface area (Å²) in [6.07, 6.45) is 1.14. The first-order chi connectivity index (χ1) is 13.3. The van der Waals surface area contributed by atoms with Gasteiger partial charge in [-0.05, 0) is 57.3 Å². The Balaban J connectivity index is 1.47. The molecule has 3 aliphatic rings. The van der Waals surface area contributed by atoms with Gasteiger partial charge in [0.2, 0.25) is 5.91 Å². The lowest BCUT2D eigenvalue weighted by molar-refractivity contribution is -0.184. The maximum absolute atomic E-state index is 13.0. The number of aromatic nitrogens is 3. The predicted molar refractivity (Wildman–Crippen MR) is 95.8 cm³/mol. The van der Waals surface area contributed by atoms with E-state index in [9.17, 15) is 22.8 Å². The first-order valence-corrected chi connectivity index (χ1v) is 10.4. The standard InChI is InChI=1S/C19H27F3N4O2/c20-19(21,22)14-8-6-13(7-9-14)12-25-18(28)26-15(4-3-5-16(26)23-25)17(27)24-10-1-2-11-24/h13-15H,1-12H2/t13-,14-,15-/m0/s1. The molecule has 156 valence electrons. The largest absolute Gasteiger partial charge is 0.391 e. The van der Waals surface area contributed by atoms with Crippen molar-refractivity contribution in [3.8, 4) is 0 Å². The summed E-state index contributed by atoms with van der Waals surface area (Å²) in [7, 11) is 0. The molecule has 1 aromatic rings. The number of rotatable bonds is 3. The van der Waals surface area contributed by atoms with Crippen LogP contribution in [0.25, 0.3) is 0 Å². The number of carbonyl (C=O) groups is 1. The van der Waals surface area contributed by atoms with Gasteiger partial charge in [-0.15, -0.1) is 0 Å². The second-order valence-electron chi connectivity index (χ2n) is 8.45. The number of likely N-dealkylation sites (tertiary alicyclic amines) is 1. The molecule has 0 spiro atoms. The first kappa shape index (κ1) is 19.5. The summed E-state index contributed by atoms with van der Waals surface area (Å²) in [6, 6.07) is -0.482. The van der Waals surface area contributed by atoms with Crippen LogP contribution in [-0.4, -0.2) is 44.4 Å². The molecular formula is C19H27F3N4O2. The minimum Gasteiger partial charge on any atom is -0.341 e. The van der Waals surface area contributed by atoms with Crippen LogP contribution in [0.1, 0.15) is 63.2 Å². The van der Waals surface area contributed by atoms with E-state index in [2.05, 4.69) is 5.10 Å². The topological polar surface area (TPSA) is 60.1 Å². The Hall–Kier alpha value is -1.80. The fourth-order valence-corrected chi connectivity index (χ4v) is 4.95. The monoisotopic (exact) mass is 400 g/mol. The quantitative estimate of drug-likeness (QED) is 0.784. The number of alkyl halides is 3. The Morgan fingerprint density at radius 2 is 1.71 bits per heavy atom. The highest BCUT2D eigenvalue weighted by Crippen LogP contribution is 2.39. The minimum absolute atomic E-state index is 0.00536. The van der Waals surface area contributed by atoms with Crippen LogP contribution in [0.5, 0.6) is 0 Å². The highest BCUT2D eigenvalue weighted by atomic mass is 19.4. The number of hydrogen-bond donors (Lipinski definition) is 0. The third-order valence-corrected chi connectivity index (χ3v) is 6.57. The molecular weight excluding hydrogens is 373 g/mol. The van der Waals surface area contributed by atoms with Crippen molar-refractivity contribution in [2.45, 2.75) is 76.6 Å². The molecule has 4 rings (SSSR count). The van der Waals surface area contributed by atoms with E-state index in [1.165, 1.54) is 4.68 Å². The van der Waals surface area contributed by atoms with Crippen LogP contribution in [0.4, 0.5) is 13.2 Å². The van der Waals surface area contributed by atoms with E-state index in [0.717, 1.165) is 32.4 Å². The van der Waals surface area contributed by atoms with Crippen molar-refractivity contribution in [1.29, 1.82) is 0 Å². The van der Waals surface area contributed by atoms with Crippen LogP contribution < -0.4 is 5.69 Å². The average molecular weight is 400 g/mol. The number of hydrogen-bond acceptors (Lipinski definition) is 3. The van der Waals surface area contributed by atoms with Crippen molar-refractivity contribution < 1.29 is 18.0 Å². The van der Waals surface area contributed by atoms with Crippen molar-refractivity contribution in [1.82, 2.24) is 19.2 Å². The molecule has 0 aromatic carbocycles. The van der Waals surface area contributed by atoms with Gasteiger partial charge in [0.15, 0.2) is 0 Å². The zero-order valence-electron chi connectivity index (χ0n) is 16.0. The van der Waals surface area contributed by atoms with Crippen molar-refractivity contribution in [3.05, 3.63) is 16.3 Å². The lowest BCUT2D eigenvalue weighted by Gasteiger charge is -2.29. The van der Waals surface area contributed by atoms with Crippen molar-refractivity contribution in [3.63, 3.8) is 0 Å². The number of nitrogens with zero attached hydrogens (tertiary/aromatic N) is 4. The summed E-state index contributed by atoms with van der Waals surface area (Å²) in [5.74, 6) is -0.553. The summed E-state index contributed by atoms with van der Waals surface area (Å²) in [5, 5.41) is 4.45. The molecule has 1 atom stereocenters. The molecule has 1 aromatic heterocycles. The van der Waals surface area contributed by atoms with Gasteiger partial charge in [-0.25, -0.2) is 9.48 Å². The second-order valence-corrected chi connectivity index (χ2v) is 8.45. The summed E-state index contributed by atoms with van der Waals surface area (Å²) in [5.41, 5.74) is -0.287. The van der Waals surface area contributed by atoms with Crippen LogP contribution in [0.15, 0.2) is 4.79 Å². The average Bonchev–Trinajstić information content (AvgIpc) is 3.30. The molecule has 0 unspecified atom stereocenters.